The van der Waals surface area contributed by atoms with Gasteiger partial charge >= 0.3 is 0 Å². The molecule has 5 nitrogen and oxygen atoms in total. The number of nitrogens with zero attached hydrogens (tertiary/aromatic N) is 1. The Kier molecular flexibility index (Phi) is 3.78. The molecule has 134 valence electrons. The minimum absolute atomic E-state index is 0.0289. The van der Waals surface area contributed by atoms with Crippen LogP contribution >= 0.6 is 0 Å². The van der Waals surface area contributed by atoms with Gasteiger partial charge in [-0.1, -0.05) is 26.0 Å². The van der Waals surface area contributed by atoms with Crippen molar-refractivity contribution in [2.45, 2.75) is 51.5 Å². The van der Waals surface area contributed by atoms with E-state index in [2.05, 4.69) is 24.5 Å². The first-order valence-electron chi connectivity index (χ1n) is 9.51. The third kappa shape index (κ3) is 2.52. The van der Waals surface area contributed by atoms with Crippen molar-refractivity contribution >= 4 is 23.2 Å². The molecule has 3 aliphatic rings. The lowest BCUT2D eigenvalue weighted by molar-refractivity contribution is -0.136. The van der Waals surface area contributed by atoms with Crippen molar-refractivity contribution in [1.29, 1.82) is 0 Å². The van der Waals surface area contributed by atoms with E-state index in [0.29, 0.717) is 31.8 Å². The Morgan fingerprint density at radius 2 is 1.80 bits per heavy atom. The molecule has 1 aromatic rings. The van der Waals surface area contributed by atoms with Gasteiger partial charge in [-0.3, -0.25) is 9.59 Å². The van der Waals surface area contributed by atoms with Crippen LogP contribution < -0.4 is 10.6 Å². The molecule has 1 atom stereocenters. The number of piperidine rings is 1. The van der Waals surface area contributed by atoms with Crippen molar-refractivity contribution in [3.63, 3.8) is 0 Å². The van der Waals surface area contributed by atoms with Gasteiger partial charge in [0.15, 0.2) is 0 Å². The zero-order valence-corrected chi connectivity index (χ0v) is 15.1. The molecule has 5 heteroatoms. The summed E-state index contributed by atoms with van der Waals surface area (Å²) in [6.45, 7) is 5.69. The number of nitrogens with one attached hydrogen (secondary N) is 2. The molecule has 1 aromatic carbocycles. The fraction of sp³-hybridized carbons (Fsp3) is 0.600. The fourth-order valence-corrected chi connectivity index (χ4v) is 4.67. The summed E-state index contributed by atoms with van der Waals surface area (Å²) in [4.78, 5) is 27.5. The molecule has 4 rings (SSSR count). The van der Waals surface area contributed by atoms with Crippen LogP contribution in [0.2, 0.25) is 0 Å². The van der Waals surface area contributed by atoms with E-state index in [-0.39, 0.29) is 17.2 Å². The highest BCUT2D eigenvalue weighted by atomic mass is 16.2. The molecule has 0 unspecified atom stereocenters. The van der Waals surface area contributed by atoms with Crippen molar-refractivity contribution in [2.24, 2.45) is 11.3 Å². The number of carbonyl (C=O) groups excluding carboxylic acids is 2. The number of rotatable bonds is 3. The van der Waals surface area contributed by atoms with Crippen LogP contribution in [0, 0.1) is 11.3 Å². The third-order valence-electron chi connectivity index (χ3n) is 6.81. The Hall–Kier alpha value is -2.04. The van der Waals surface area contributed by atoms with Crippen molar-refractivity contribution in [3.05, 3.63) is 24.3 Å². The molecule has 1 saturated heterocycles. The number of hydrogen-bond acceptors (Lipinski definition) is 3. The van der Waals surface area contributed by atoms with Gasteiger partial charge in [-0.15, -0.1) is 0 Å². The maximum Gasteiger partial charge on any atom is 0.250 e. The molecule has 0 aromatic heterocycles. The van der Waals surface area contributed by atoms with Crippen molar-refractivity contribution < 1.29 is 9.59 Å². The van der Waals surface area contributed by atoms with Gasteiger partial charge in [0.05, 0.1) is 11.4 Å². The van der Waals surface area contributed by atoms with Crippen molar-refractivity contribution in [2.75, 3.05) is 23.7 Å². The summed E-state index contributed by atoms with van der Waals surface area (Å²) in [5.74, 6) is 0.529. The van der Waals surface area contributed by atoms with Gasteiger partial charge in [0.25, 0.3) is 0 Å². The molecule has 2 N–H and O–H groups in total. The van der Waals surface area contributed by atoms with E-state index < -0.39 is 5.54 Å². The summed E-state index contributed by atoms with van der Waals surface area (Å²) in [6, 6.07) is 7.80. The Bertz CT molecular complexity index is 703. The van der Waals surface area contributed by atoms with Crippen LogP contribution in [-0.2, 0) is 9.59 Å². The van der Waals surface area contributed by atoms with Gasteiger partial charge in [-0.2, -0.15) is 0 Å². The highest BCUT2D eigenvalue weighted by molar-refractivity contribution is 6.06. The predicted octanol–water partition coefficient (Wildman–Crippen LogP) is 3.24. The maximum absolute atomic E-state index is 12.8. The molecule has 25 heavy (non-hydrogen) atoms. The highest BCUT2D eigenvalue weighted by Gasteiger charge is 2.57. The predicted molar refractivity (Wildman–Crippen MR) is 98.4 cm³/mol. The van der Waals surface area contributed by atoms with Gasteiger partial charge < -0.3 is 15.5 Å². The quantitative estimate of drug-likeness (QED) is 0.887. The van der Waals surface area contributed by atoms with Gasteiger partial charge in [0.2, 0.25) is 11.8 Å². The minimum atomic E-state index is -0.582. The molecule has 2 aliphatic heterocycles. The molecular weight excluding hydrogens is 314 g/mol. The first kappa shape index (κ1) is 16.4. The molecule has 0 radical (unpaired) electrons. The first-order chi connectivity index (χ1) is 12.0. The number of amides is 2. The molecular formula is C20H27N3O2. The van der Waals surface area contributed by atoms with Crippen LogP contribution in [0.15, 0.2) is 24.3 Å². The Morgan fingerprint density at radius 3 is 2.40 bits per heavy atom. The molecule has 2 heterocycles. The number of hydrogen-bond donors (Lipinski definition) is 2. The van der Waals surface area contributed by atoms with Crippen LogP contribution in [0.3, 0.4) is 0 Å². The summed E-state index contributed by atoms with van der Waals surface area (Å²) >= 11 is 0. The van der Waals surface area contributed by atoms with Gasteiger partial charge in [0.1, 0.15) is 5.54 Å². The normalized spacial score (nSPS) is 25.8. The van der Waals surface area contributed by atoms with Gasteiger partial charge in [0, 0.05) is 19.0 Å². The largest absolute Gasteiger partial charge is 0.369 e. The van der Waals surface area contributed by atoms with Crippen LogP contribution in [0.25, 0.3) is 0 Å². The molecule has 2 fully saturated rings. The molecule has 2 amide bonds. The number of anilines is 2. The number of fused-ring (bicyclic) bond motifs is 1. The Labute approximate surface area is 149 Å². The maximum atomic E-state index is 12.8. The summed E-state index contributed by atoms with van der Waals surface area (Å²) < 4.78 is 0. The number of para-hydroxylation sites is 2. The van der Waals surface area contributed by atoms with Crippen LogP contribution in [-0.4, -0.2) is 35.3 Å². The second-order valence-electron chi connectivity index (χ2n) is 7.86. The van der Waals surface area contributed by atoms with Crippen molar-refractivity contribution in [3.8, 4) is 0 Å². The average Bonchev–Trinajstić information content (AvgIpc) is 3.38. The monoisotopic (exact) mass is 341 g/mol. The smallest absolute Gasteiger partial charge is 0.250 e. The minimum Gasteiger partial charge on any atom is -0.369 e. The van der Waals surface area contributed by atoms with E-state index in [1.807, 2.05) is 29.2 Å². The fourth-order valence-electron chi connectivity index (χ4n) is 4.67. The van der Waals surface area contributed by atoms with E-state index >= 15 is 0 Å². The van der Waals surface area contributed by atoms with Gasteiger partial charge in [-0.25, -0.2) is 0 Å². The first-order valence-corrected chi connectivity index (χ1v) is 9.51. The zero-order chi connectivity index (χ0) is 17.7. The van der Waals surface area contributed by atoms with Crippen LogP contribution in [0.1, 0.15) is 46.0 Å². The number of likely N-dealkylation sites (tertiary alicyclic amines) is 1. The summed E-state index contributed by atoms with van der Waals surface area (Å²) in [5, 5.41) is 6.48. The molecule has 0 bridgehead atoms. The van der Waals surface area contributed by atoms with E-state index in [1.54, 1.807) is 0 Å². The van der Waals surface area contributed by atoms with E-state index in [4.69, 9.17) is 0 Å². The second-order valence-corrected chi connectivity index (χ2v) is 7.86. The summed E-state index contributed by atoms with van der Waals surface area (Å²) in [5.41, 5.74) is 1.47. The Balaban J connectivity index is 1.44. The average molecular weight is 341 g/mol. The lowest BCUT2D eigenvalue weighted by Crippen LogP contribution is -2.59. The Morgan fingerprint density at radius 1 is 1.16 bits per heavy atom. The summed E-state index contributed by atoms with van der Waals surface area (Å²) in [6.07, 6.45) is 4.53. The van der Waals surface area contributed by atoms with Gasteiger partial charge in [-0.05, 0) is 49.7 Å². The van der Waals surface area contributed by atoms with E-state index in [1.165, 1.54) is 0 Å². The lowest BCUT2D eigenvalue weighted by Gasteiger charge is -2.44. The third-order valence-corrected chi connectivity index (χ3v) is 6.81. The lowest BCUT2D eigenvalue weighted by atomic mass is 9.84. The number of benzene rings is 1. The van der Waals surface area contributed by atoms with Crippen LogP contribution in [0.5, 0.6) is 0 Å². The SMILES string of the molecule is CCC1(CC)C[C@@H]1C(=O)N1CCC2(CC1)Nc1ccccc1NC2=O. The number of carbonyl (C=O) groups is 2. The van der Waals surface area contributed by atoms with E-state index in [9.17, 15) is 9.59 Å². The molecule has 1 aliphatic carbocycles. The zero-order valence-electron chi connectivity index (χ0n) is 15.1. The second kappa shape index (κ2) is 5.75. The van der Waals surface area contributed by atoms with Crippen molar-refractivity contribution in [1.82, 2.24) is 4.90 Å². The topological polar surface area (TPSA) is 61.4 Å². The van der Waals surface area contributed by atoms with Crippen LogP contribution in [0.4, 0.5) is 11.4 Å². The standard InChI is InChI=1S/C20H27N3O2/c1-3-19(4-2)13-14(19)17(24)23-11-9-20(10-12-23)18(25)21-15-7-5-6-8-16(15)22-20/h5-8,14,22H,3-4,9-13H2,1-2H3,(H,21,25)/t14-/m1/s1. The van der Waals surface area contributed by atoms with E-state index in [0.717, 1.165) is 30.6 Å². The summed E-state index contributed by atoms with van der Waals surface area (Å²) in [7, 11) is 0. The molecule has 1 spiro atoms. The highest BCUT2D eigenvalue weighted by Crippen LogP contribution is 2.58. The molecule has 1 saturated carbocycles.